The number of halogens is 2. The zero-order valence-electron chi connectivity index (χ0n) is 7.61. The number of pyridine rings is 1. The summed E-state index contributed by atoms with van der Waals surface area (Å²) in [4.78, 5) is 4.34. The molecule has 0 fully saturated rings. The predicted octanol–water partition coefficient (Wildman–Crippen LogP) is 3.90. The number of fused-ring (bicyclic) bond motifs is 3. The van der Waals surface area contributed by atoms with Crippen molar-refractivity contribution in [2.75, 3.05) is 0 Å². The van der Waals surface area contributed by atoms with Gasteiger partial charge in [0.15, 0.2) is 0 Å². The minimum atomic E-state index is 0.731. The highest BCUT2D eigenvalue weighted by atomic mass is 79.9. The van der Waals surface area contributed by atoms with Crippen LogP contribution in [0.15, 0.2) is 41.3 Å². The number of aromatic nitrogens is 2. The van der Waals surface area contributed by atoms with Crippen molar-refractivity contribution in [3.8, 4) is 0 Å². The molecule has 4 heteroatoms. The first-order chi connectivity index (χ1) is 7.25. The van der Waals surface area contributed by atoms with Crippen molar-refractivity contribution >= 4 is 44.0 Å². The summed E-state index contributed by atoms with van der Waals surface area (Å²) in [5.41, 5.74) is 0.918. The molecule has 0 radical (unpaired) electrons. The first-order valence-electron chi connectivity index (χ1n) is 4.46. The number of imidazole rings is 1. The van der Waals surface area contributed by atoms with Gasteiger partial charge in [0, 0.05) is 16.6 Å². The van der Waals surface area contributed by atoms with Gasteiger partial charge in [0.25, 0.3) is 0 Å². The average Bonchev–Trinajstić information content (AvgIpc) is 2.61. The lowest BCUT2D eigenvalue weighted by atomic mass is 10.2. The highest BCUT2D eigenvalue weighted by Gasteiger charge is 2.04. The van der Waals surface area contributed by atoms with Crippen LogP contribution in [0, 0.1) is 0 Å². The Morgan fingerprint density at radius 1 is 1.27 bits per heavy atom. The molecule has 3 rings (SSSR count). The van der Waals surface area contributed by atoms with Crippen LogP contribution in [0.3, 0.4) is 0 Å². The SMILES string of the molecule is Clc1ccc2ccn3c(Br)cnc3c2c1. The third-order valence-electron chi connectivity index (χ3n) is 2.41. The smallest absolute Gasteiger partial charge is 0.145 e. The molecule has 2 heterocycles. The summed E-state index contributed by atoms with van der Waals surface area (Å²) in [6, 6.07) is 7.87. The van der Waals surface area contributed by atoms with Gasteiger partial charge >= 0.3 is 0 Å². The van der Waals surface area contributed by atoms with Crippen molar-refractivity contribution in [3.05, 3.63) is 46.3 Å². The van der Waals surface area contributed by atoms with Gasteiger partial charge in [0.1, 0.15) is 10.3 Å². The van der Waals surface area contributed by atoms with E-state index >= 15 is 0 Å². The second-order valence-corrected chi connectivity index (χ2v) is 4.57. The molecule has 2 nitrogen and oxygen atoms in total. The molecule has 2 aromatic heterocycles. The van der Waals surface area contributed by atoms with Crippen LogP contribution in [-0.4, -0.2) is 9.38 Å². The Kier molecular flexibility index (Phi) is 1.97. The minimum absolute atomic E-state index is 0.731. The highest BCUT2D eigenvalue weighted by molar-refractivity contribution is 9.10. The van der Waals surface area contributed by atoms with E-state index in [2.05, 4.69) is 20.9 Å². The molecule has 0 unspecified atom stereocenters. The quantitative estimate of drug-likeness (QED) is 0.611. The van der Waals surface area contributed by atoms with E-state index in [9.17, 15) is 0 Å². The van der Waals surface area contributed by atoms with Gasteiger partial charge in [0.05, 0.1) is 6.20 Å². The fourth-order valence-corrected chi connectivity index (χ4v) is 2.26. The number of hydrogen-bond donors (Lipinski definition) is 0. The van der Waals surface area contributed by atoms with Gasteiger partial charge in [-0.25, -0.2) is 4.98 Å². The average molecular weight is 282 g/mol. The molecule has 0 saturated carbocycles. The molecule has 0 aliphatic carbocycles. The van der Waals surface area contributed by atoms with Gasteiger partial charge in [-0.15, -0.1) is 0 Å². The summed E-state index contributed by atoms with van der Waals surface area (Å²) in [6.45, 7) is 0. The first-order valence-corrected chi connectivity index (χ1v) is 5.63. The van der Waals surface area contributed by atoms with Gasteiger partial charge in [-0.05, 0) is 39.5 Å². The second-order valence-electron chi connectivity index (χ2n) is 3.32. The second kappa shape index (κ2) is 3.22. The molecule has 0 bridgehead atoms. The Morgan fingerprint density at radius 2 is 2.13 bits per heavy atom. The monoisotopic (exact) mass is 280 g/mol. The summed E-state index contributed by atoms with van der Waals surface area (Å²) in [5.74, 6) is 0. The van der Waals surface area contributed by atoms with E-state index in [0.29, 0.717) is 0 Å². The molecule has 0 aliphatic rings. The van der Waals surface area contributed by atoms with Gasteiger partial charge in [-0.2, -0.15) is 0 Å². The minimum Gasteiger partial charge on any atom is -0.294 e. The predicted molar refractivity (Wildman–Crippen MR) is 65.4 cm³/mol. The van der Waals surface area contributed by atoms with E-state index < -0.39 is 0 Å². The van der Waals surface area contributed by atoms with E-state index in [1.165, 1.54) is 0 Å². The molecule has 0 atom stereocenters. The largest absolute Gasteiger partial charge is 0.294 e. The Bertz CT molecular complexity index is 660. The summed E-state index contributed by atoms with van der Waals surface area (Å²) < 4.78 is 2.93. The van der Waals surface area contributed by atoms with E-state index in [1.807, 2.05) is 34.9 Å². The topological polar surface area (TPSA) is 17.3 Å². The van der Waals surface area contributed by atoms with Crippen molar-refractivity contribution in [2.24, 2.45) is 0 Å². The Balaban J connectivity index is 2.57. The Labute approximate surface area is 99.6 Å². The lowest BCUT2D eigenvalue weighted by molar-refractivity contribution is 1.17. The number of nitrogens with zero attached hydrogens (tertiary/aromatic N) is 2. The van der Waals surface area contributed by atoms with Crippen LogP contribution < -0.4 is 0 Å². The third-order valence-corrected chi connectivity index (χ3v) is 3.23. The van der Waals surface area contributed by atoms with Gasteiger partial charge in [-0.3, -0.25) is 4.40 Å². The number of benzene rings is 1. The fraction of sp³-hybridized carbons (Fsp3) is 0. The molecule has 0 saturated heterocycles. The summed E-state index contributed by atoms with van der Waals surface area (Å²) in [5, 5.41) is 2.94. The molecule has 0 spiro atoms. The van der Waals surface area contributed by atoms with E-state index in [0.717, 1.165) is 26.0 Å². The van der Waals surface area contributed by atoms with Crippen LogP contribution in [-0.2, 0) is 0 Å². The fourth-order valence-electron chi connectivity index (χ4n) is 1.70. The van der Waals surface area contributed by atoms with Gasteiger partial charge in [-0.1, -0.05) is 17.7 Å². The van der Waals surface area contributed by atoms with E-state index in [1.54, 1.807) is 6.20 Å². The lowest BCUT2D eigenvalue weighted by Crippen LogP contribution is -1.85. The van der Waals surface area contributed by atoms with Crippen molar-refractivity contribution in [3.63, 3.8) is 0 Å². The molecule has 0 amide bonds. The number of rotatable bonds is 0. The van der Waals surface area contributed by atoms with E-state index in [-0.39, 0.29) is 0 Å². The Morgan fingerprint density at radius 3 is 3.00 bits per heavy atom. The van der Waals surface area contributed by atoms with Crippen molar-refractivity contribution < 1.29 is 0 Å². The molecular formula is C11H6BrClN2. The molecule has 3 aromatic rings. The maximum atomic E-state index is 5.98. The lowest BCUT2D eigenvalue weighted by Gasteiger charge is -2.01. The maximum absolute atomic E-state index is 5.98. The standard InChI is InChI=1S/C11H6BrClN2/c12-10-6-14-11-9-5-8(13)2-1-7(9)3-4-15(10)11/h1-6H. The molecular weight excluding hydrogens is 275 g/mol. The summed E-state index contributed by atoms with van der Waals surface area (Å²) in [7, 11) is 0. The molecule has 0 aliphatic heterocycles. The normalized spacial score (nSPS) is 11.3. The summed E-state index contributed by atoms with van der Waals surface area (Å²) >= 11 is 9.42. The van der Waals surface area contributed by atoms with Crippen molar-refractivity contribution in [1.29, 1.82) is 0 Å². The third kappa shape index (κ3) is 1.34. The van der Waals surface area contributed by atoms with Crippen molar-refractivity contribution in [2.45, 2.75) is 0 Å². The van der Waals surface area contributed by atoms with E-state index in [4.69, 9.17) is 11.6 Å². The van der Waals surface area contributed by atoms with Crippen LogP contribution in [0.2, 0.25) is 5.02 Å². The molecule has 15 heavy (non-hydrogen) atoms. The molecule has 74 valence electrons. The zero-order valence-corrected chi connectivity index (χ0v) is 9.96. The molecule has 0 N–H and O–H groups in total. The van der Waals surface area contributed by atoms with Crippen LogP contribution in [0.4, 0.5) is 0 Å². The van der Waals surface area contributed by atoms with Crippen LogP contribution in [0.25, 0.3) is 16.4 Å². The zero-order chi connectivity index (χ0) is 10.4. The Hall–Kier alpha value is -1.06. The van der Waals surface area contributed by atoms with Gasteiger partial charge in [0.2, 0.25) is 0 Å². The number of hydrogen-bond acceptors (Lipinski definition) is 1. The van der Waals surface area contributed by atoms with Crippen LogP contribution in [0.5, 0.6) is 0 Å². The first kappa shape index (κ1) is 9.19. The van der Waals surface area contributed by atoms with Crippen LogP contribution >= 0.6 is 27.5 Å². The van der Waals surface area contributed by atoms with Gasteiger partial charge < -0.3 is 0 Å². The maximum Gasteiger partial charge on any atom is 0.145 e. The molecule has 1 aromatic carbocycles. The summed E-state index contributed by atoms with van der Waals surface area (Å²) in [6.07, 6.45) is 3.78. The van der Waals surface area contributed by atoms with Crippen molar-refractivity contribution in [1.82, 2.24) is 9.38 Å². The highest BCUT2D eigenvalue weighted by Crippen LogP contribution is 2.24. The van der Waals surface area contributed by atoms with Crippen LogP contribution in [0.1, 0.15) is 0 Å².